The molecule has 1 amide bonds. The molecule has 0 radical (unpaired) electrons. The average molecular weight is 383 g/mol. The van der Waals surface area contributed by atoms with Crippen LogP contribution in [0.1, 0.15) is 32.6 Å². The first-order chi connectivity index (χ1) is 12.4. The number of piperidine rings is 1. The summed E-state index contributed by atoms with van der Waals surface area (Å²) >= 11 is 0. The number of rotatable bonds is 8. The van der Waals surface area contributed by atoms with Gasteiger partial charge < -0.3 is 10.1 Å². The van der Waals surface area contributed by atoms with E-state index in [4.69, 9.17) is 4.74 Å². The van der Waals surface area contributed by atoms with Crippen molar-refractivity contribution in [2.75, 3.05) is 26.2 Å². The van der Waals surface area contributed by atoms with E-state index in [0.29, 0.717) is 19.4 Å². The quantitative estimate of drug-likeness (QED) is 0.529. The van der Waals surface area contributed by atoms with Crippen molar-refractivity contribution in [2.45, 2.75) is 37.5 Å². The Bertz CT molecular complexity index is 700. The van der Waals surface area contributed by atoms with E-state index in [1.54, 1.807) is 6.07 Å². The number of amides is 1. The second kappa shape index (κ2) is 9.63. The predicted molar refractivity (Wildman–Crippen MR) is 94.6 cm³/mol. The Morgan fingerprint density at radius 1 is 1.35 bits per heavy atom. The first-order valence-electron chi connectivity index (χ1n) is 8.78. The summed E-state index contributed by atoms with van der Waals surface area (Å²) in [7, 11) is -3.60. The third-order valence-corrected chi connectivity index (χ3v) is 6.14. The van der Waals surface area contributed by atoms with E-state index in [-0.39, 0.29) is 30.5 Å². The normalized spacial score (nSPS) is 16.2. The van der Waals surface area contributed by atoms with E-state index in [2.05, 4.69) is 10.3 Å². The largest absolute Gasteiger partial charge is 0.455 e. The lowest BCUT2D eigenvalue weighted by atomic mass is 9.98. The van der Waals surface area contributed by atoms with Crippen LogP contribution in [0.3, 0.4) is 0 Å². The Morgan fingerprint density at radius 3 is 2.69 bits per heavy atom. The smallest absolute Gasteiger partial charge is 0.309 e. The first kappa shape index (κ1) is 20.3. The number of carbonyl (C=O) groups is 2. The zero-order chi connectivity index (χ0) is 19.0. The van der Waals surface area contributed by atoms with Crippen LogP contribution in [0.25, 0.3) is 0 Å². The molecule has 8 nitrogen and oxygen atoms in total. The maximum atomic E-state index is 12.5. The Kier molecular flexibility index (Phi) is 7.52. The zero-order valence-electron chi connectivity index (χ0n) is 14.9. The Hall–Kier alpha value is -2.00. The third-order valence-electron chi connectivity index (χ3n) is 4.26. The number of esters is 1. The molecule has 1 fully saturated rings. The molecule has 0 atom stereocenters. The molecule has 0 aromatic carbocycles. The number of hydrogen-bond donors (Lipinski definition) is 1. The van der Waals surface area contributed by atoms with Crippen LogP contribution in [0.4, 0.5) is 0 Å². The summed E-state index contributed by atoms with van der Waals surface area (Å²) < 4.78 is 31.4. The summed E-state index contributed by atoms with van der Waals surface area (Å²) in [5.41, 5.74) is 0. The van der Waals surface area contributed by atoms with Gasteiger partial charge in [-0.05, 0) is 31.4 Å². The topological polar surface area (TPSA) is 106 Å². The number of carbonyl (C=O) groups excluding carboxylic acids is 2. The minimum atomic E-state index is -3.60. The molecule has 1 aliphatic rings. The number of pyridine rings is 1. The van der Waals surface area contributed by atoms with Crippen LogP contribution < -0.4 is 5.32 Å². The highest BCUT2D eigenvalue weighted by atomic mass is 32.2. The third kappa shape index (κ3) is 5.50. The Balaban J connectivity index is 1.79. The van der Waals surface area contributed by atoms with Gasteiger partial charge in [-0.15, -0.1) is 0 Å². The molecule has 2 rings (SSSR count). The molecule has 26 heavy (non-hydrogen) atoms. The monoisotopic (exact) mass is 383 g/mol. The molecule has 1 aliphatic heterocycles. The van der Waals surface area contributed by atoms with Crippen molar-refractivity contribution in [1.82, 2.24) is 14.6 Å². The maximum absolute atomic E-state index is 12.5. The van der Waals surface area contributed by atoms with Gasteiger partial charge in [-0.2, -0.15) is 4.31 Å². The number of aromatic nitrogens is 1. The van der Waals surface area contributed by atoms with E-state index in [1.807, 2.05) is 6.92 Å². The summed E-state index contributed by atoms with van der Waals surface area (Å²) in [6, 6.07) is 3.07. The molecular formula is C17H25N3O5S. The summed E-state index contributed by atoms with van der Waals surface area (Å²) in [5.74, 6) is -1.16. The van der Waals surface area contributed by atoms with Gasteiger partial charge in [0.1, 0.15) is 4.90 Å². The van der Waals surface area contributed by atoms with Gasteiger partial charge in [0.25, 0.3) is 5.91 Å². The summed E-state index contributed by atoms with van der Waals surface area (Å²) in [6.45, 7) is 2.76. The number of sulfonamides is 1. The average Bonchev–Trinajstić information content (AvgIpc) is 2.67. The predicted octanol–water partition coefficient (Wildman–Crippen LogP) is 0.942. The molecule has 0 bridgehead atoms. The Labute approximate surface area is 154 Å². The highest BCUT2D eigenvalue weighted by Gasteiger charge is 2.33. The van der Waals surface area contributed by atoms with Gasteiger partial charge in [0.2, 0.25) is 10.0 Å². The molecule has 1 N–H and O–H groups in total. The van der Waals surface area contributed by atoms with Crippen LogP contribution in [0, 0.1) is 5.92 Å². The van der Waals surface area contributed by atoms with E-state index >= 15 is 0 Å². The number of nitrogens with one attached hydrogen (secondary N) is 1. The van der Waals surface area contributed by atoms with Crippen molar-refractivity contribution < 1.29 is 22.7 Å². The van der Waals surface area contributed by atoms with Crippen molar-refractivity contribution in [3.63, 3.8) is 0 Å². The van der Waals surface area contributed by atoms with E-state index in [9.17, 15) is 18.0 Å². The second-order valence-electron chi connectivity index (χ2n) is 6.18. The lowest BCUT2D eigenvalue weighted by molar-refractivity contribution is -0.153. The Morgan fingerprint density at radius 2 is 2.08 bits per heavy atom. The molecule has 0 aliphatic carbocycles. The number of unbranched alkanes of at least 4 members (excludes halogenated alkanes) is 1. The fourth-order valence-electron chi connectivity index (χ4n) is 2.69. The molecule has 0 unspecified atom stereocenters. The fraction of sp³-hybridized carbons (Fsp3) is 0.588. The number of ether oxygens (including phenoxy) is 1. The van der Waals surface area contributed by atoms with Crippen LogP contribution >= 0.6 is 0 Å². The van der Waals surface area contributed by atoms with Crippen molar-refractivity contribution in [2.24, 2.45) is 5.92 Å². The van der Waals surface area contributed by atoms with Gasteiger partial charge in [0.05, 0.1) is 5.92 Å². The van der Waals surface area contributed by atoms with Crippen LogP contribution in [-0.4, -0.2) is 55.8 Å². The highest BCUT2D eigenvalue weighted by Crippen LogP contribution is 2.24. The standard InChI is InChI=1S/C17H25N3O5S/c1-2-3-9-19-16(21)13-25-17(22)14-6-10-20(11-7-14)26(23,24)15-5-4-8-18-12-15/h4-5,8,12,14H,2-3,6-7,9-11,13H2,1H3,(H,19,21). The van der Waals surface area contributed by atoms with Crippen LogP contribution in [-0.2, 0) is 24.3 Å². The summed E-state index contributed by atoms with van der Waals surface area (Å²) in [5, 5.41) is 2.68. The number of hydrogen-bond acceptors (Lipinski definition) is 6. The fourth-order valence-corrected chi connectivity index (χ4v) is 4.13. The number of nitrogens with zero attached hydrogens (tertiary/aromatic N) is 2. The minimum absolute atomic E-state index is 0.143. The lowest BCUT2D eigenvalue weighted by Crippen LogP contribution is -2.41. The van der Waals surface area contributed by atoms with E-state index in [0.717, 1.165) is 12.8 Å². The molecule has 9 heteroatoms. The molecule has 1 aromatic rings. The molecule has 0 spiro atoms. The van der Waals surface area contributed by atoms with Crippen molar-refractivity contribution >= 4 is 21.9 Å². The zero-order valence-corrected chi connectivity index (χ0v) is 15.7. The van der Waals surface area contributed by atoms with Gasteiger partial charge in [-0.25, -0.2) is 8.42 Å². The van der Waals surface area contributed by atoms with Gasteiger partial charge >= 0.3 is 5.97 Å². The first-order valence-corrected chi connectivity index (χ1v) is 10.2. The molecule has 2 heterocycles. The maximum Gasteiger partial charge on any atom is 0.309 e. The van der Waals surface area contributed by atoms with Crippen LogP contribution in [0.15, 0.2) is 29.4 Å². The minimum Gasteiger partial charge on any atom is -0.455 e. The molecule has 1 saturated heterocycles. The van der Waals surface area contributed by atoms with Gasteiger partial charge in [-0.3, -0.25) is 14.6 Å². The second-order valence-corrected chi connectivity index (χ2v) is 8.12. The van der Waals surface area contributed by atoms with Crippen molar-refractivity contribution in [3.8, 4) is 0 Å². The van der Waals surface area contributed by atoms with E-state index in [1.165, 1.54) is 22.8 Å². The summed E-state index contributed by atoms with van der Waals surface area (Å²) in [6.07, 6.45) is 5.42. The van der Waals surface area contributed by atoms with Crippen molar-refractivity contribution in [1.29, 1.82) is 0 Å². The van der Waals surface area contributed by atoms with Crippen molar-refractivity contribution in [3.05, 3.63) is 24.5 Å². The van der Waals surface area contributed by atoms with Crippen LogP contribution in [0.5, 0.6) is 0 Å². The molecule has 0 saturated carbocycles. The van der Waals surface area contributed by atoms with Crippen LogP contribution in [0.2, 0.25) is 0 Å². The lowest BCUT2D eigenvalue weighted by Gasteiger charge is -2.29. The van der Waals surface area contributed by atoms with Gasteiger partial charge in [0.15, 0.2) is 6.61 Å². The molecule has 1 aromatic heterocycles. The van der Waals surface area contributed by atoms with Gasteiger partial charge in [-0.1, -0.05) is 13.3 Å². The van der Waals surface area contributed by atoms with E-state index < -0.39 is 21.9 Å². The molecule has 144 valence electrons. The van der Waals surface area contributed by atoms with Gasteiger partial charge in [0, 0.05) is 32.0 Å². The molecular weight excluding hydrogens is 358 g/mol. The summed E-state index contributed by atoms with van der Waals surface area (Å²) in [4.78, 5) is 27.6. The highest BCUT2D eigenvalue weighted by molar-refractivity contribution is 7.89. The SMILES string of the molecule is CCCCNC(=O)COC(=O)C1CCN(S(=O)(=O)c2cccnc2)CC1.